The largest absolute Gasteiger partial charge is 0.444 e. The number of hydrogen-bond acceptors (Lipinski definition) is 8. The van der Waals surface area contributed by atoms with Crippen LogP contribution in [0, 0.1) is 12.7 Å². The Balaban J connectivity index is 0.000000265. The summed E-state index contributed by atoms with van der Waals surface area (Å²) in [5, 5.41) is 16.9. The molecular formula is C32H45FN6O5. The van der Waals surface area contributed by atoms with Crippen LogP contribution in [0.5, 0.6) is 0 Å². The van der Waals surface area contributed by atoms with Crippen molar-refractivity contribution in [1.82, 2.24) is 19.5 Å². The average molecular weight is 613 g/mol. The second-order valence-electron chi connectivity index (χ2n) is 13.4. The Bertz CT molecular complexity index is 1470. The minimum atomic E-state index is -0.723. The maximum Gasteiger partial charge on any atom is 0.420 e. The van der Waals surface area contributed by atoms with E-state index in [-0.39, 0.29) is 6.09 Å². The zero-order chi connectivity index (χ0) is 32.4. The van der Waals surface area contributed by atoms with Crippen LogP contribution in [0.2, 0.25) is 0 Å². The normalized spacial score (nSPS) is 17.0. The molecule has 3 aromatic rings. The first kappa shape index (κ1) is 33.0. The summed E-state index contributed by atoms with van der Waals surface area (Å²) in [6.07, 6.45) is 4.28. The number of halogens is 1. The SMILES string of the molecule is CC(C)(C)OC(=O)N1CCCC(O)C1.CNc1cc(N(C(=O)OC(C)(C)C)c2cc(C)cc(F)c2)n2ncc(C3CC3)c2n1. The molecule has 240 valence electrons. The first-order valence-corrected chi connectivity index (χ1v) is 15.1. The summed E-state index contributed by atoms with van der Waals surface area (Å²) in [5.41, 5.74) is 1.60. The van der Waals surface area contributed by atoms with Gasteiger partial charge in [0.15, 0.2) is 5.65 Å². The highest BCUT2D eigenvalue weighted by atomic mass is 19.1. The van der Waals surface area contributed by atoms with E-state index in [9.17, 15) is 19.1 Å². The molecule has 1 aliphatic carbocycles. The van der Waals surface area contributed by atoms with Gasteiger partial charge in [-0.1, -0.05) is 0 Å². The maximum atomic E-state index is 14.3. The number of nitrogens with one attached hydrogen (secondary N) is 1. The summed E-state index contributed by atoms with van der Waals surface area (Å²) in [6.45, 7) is 13.8. The second-order valence-corrected chi connectivity index (χ2v) is 13.4. The Morgan fingerprint density at radius 2 is 1.73 bits per heavy atom. The number of piperidine rings is 1. The van der Waals surface area contributed by atoms with Gasteiger partial charge in [0.25, 0.3) is 0 Å². The smallest absolute Gasteiger partial charge is 0.420 e. The fourth-order valence-electron chi connectivity index (χ4n) is 4.87. The highest BCUT2D eigenvalue weighted by molar-refractivity contribution is 5.96. The number of benzene rings is 1. The number of carbonyl (C=O) groups excluding carboxylic acids is 2. The van der Waals surface area contributed by atoms with Gasteiger partial charge in [0.1, 0.15) is 28.7 Å². The van der Waals surface area contributed by atoms with Crippen molar-refractivity contribution in [1.29, 1.82) is 0 Å². The second kappa shape index (κ2) is 13.0. The highest BCUT2D eigenvalue weighted by Crippen LogP contribution is 2.42. The van der Waals surface area contributed by atoms with Crippen molar-refractivity contribution in [2.45, 2.75) is 97.4 Å². The molecule has 3 heterocycles. The van der Waals surface area contributed by atoms with Crippen LogP contribution < -0.4 is 10.2 Å². The average Bonchev–Trinajstić information content (AvgIpc) is 3.65. The van der Waals surface area contributed by atoms with Crippen LogP contribution in [0.3, 0.4) is 0 Å². The van der Waals surface area contributed by atoms with E-state index in [1.807, 2.05) is 20.8 Å². The van der Waals surface area contributed by atoms with Crippen molar-refractivity contribution < 1.29 is 28.6 Å². The number of ether oxygens (including phenoxy) is 2. The molecule has 1 saturated heterocycles. The molecule has 2 amide bonds. The van der Waals surface area contributed by atoms with Gasteiger partial charge in [0, 0.05) is 31.8 Å². The van der Waals surface area contributed by atoms with E-state index in [1.165, 1.54) is 17.0 Å². The number of fused-ring (bicyclic) bond motifs is 1. The molecule has 12 heteroatoms. The monoisotopic (exact) mass is 612 g/mol. The van der Waals surface area contributed by atoms with Gasteiger partial charge >= 0.3 is 12.2 Å². The molecule has 11 nitrogen and oxygen atoms in total. The van der Waals surface area contributed by atoms with Crippen molar-refractivity contribution in [3.8, 4) is 0 Å². The maximum absolute atomic E-state index is 14.3. The predicted octanol–water partition coefficient (Wildman–Crippen LogP) is 6.55. The number of aromatic nitrogens is 3. The van der Waals surface area contributed by atoms with Crippen molar-refractivity contribution in [3.63, 3.8) is 0 Å². The van der Waals surface area contributed by atoms with Gasteiger partial charge in [-0.15, -0.1) is 0 Å². The molecular weight excluding hydrogens is 567 g/mol. The fraction of sp³-hybridized carbons (Fsp3) is 0.562. The molecule has 1 saturated carbocycles. The van der Waals surface area contributed by atoms with Crippen LogP contribution in [0.25, 0.3) is 5.65 Å². The van der Waals surface area contributed by atoms with Crippen molar-refractivity contribution in [2.24, 2.45) is 0 Å². The molecule has 1 atom stereocenters. The summed E-state index contributed by atoms with van der Waals surface area (Å²) in [6, 6.07) is 6.18. The number of β-amino-alcohol motifs (C(OH)–C–C–N with tert-alkyl or cyclic N) is 1. The number of aliphatic hydroxyl groups is 1. The Morgan fingerprint density at radius 3 is 2.30 bits per heavy atom. The number of amides is 2. The van der Waals surface area contributed by atoms with Gasteiger partial charge < -0.3 is 24.8 Å². The zero-order valence-electron chi connectivity index (χ0n) is 27.0. The molecule has 2 N–H and O–H groups in total. The molecule has 2 aliphatic rings. The van der Waals surface area contributed by atoms with E-state index in [4.69, 9.17) is 9.47 Å². The van der Waals surface area contributed by atoms with E-state index >= 15 is 0 Å². The molecule has 0 radical (unpaired) electrons. The lowest BCUT2D eigenvalue weighted by molar-refractivity contribution is 0.00390. The summed E-state index contributed by atoms with van der Waals surface area (Å²) in [4.78, 5) is 32.4. The minimum Gasteiger partial charge on any atom is -0.444 e. The summed E-state index contributed by atoms with van der Waals surface area (Å²) in [7, 11) is 1.76. The topological polar surface area (TPSA) is 122 Å². The van der Waals surface area contributed by atoms with Gasteiger partial charge in [-0.3, -0.25) is 0 Å². The standard InChI is InChI=1S/C22H26FN5O2.C10H19NO3/c1-13-8-15(23)10-16(9-13)27(21(29)30-22(2,3)4)19-11-18(24-5)26-20-17(14-6-7-14)12-25-28(19)20;1-10(2,3)14-9(13)11-6-4-5-8(12)7-11/h8-12,14H,6-7H2,1-5H3,(H,24,26);8,12H,4-7H2,1-3H3. The lowest BCUT2D eigenvalue weighted by Gasteiger charge is -2.32. The molecule has 44 heavy (non-hydrogen) atoms. The summed E-state index contributed by atoms with van der Waals surface area (Å²) < 4.78 is 26.7. The van der Waals surface area contributed by atoms with Gasteiger partial charge in [0.2, 0.25) is 0 Å². The minimum absolute atomic E-state index is 0.323. The van der Waals surface area contributed by atoms with Crippen molar-refractivity contribution in [3.05, 3.63) is 47.4 Å². The third-order valence-electron chi connectivity index (χ3n) is 6.89. The fourth-order valence-corrected chi connectivity index (χ4v) is 4.87. The number of nitrogens with zero attached hydrogens (tertiary/aromatic N) is 5. The lowest BCUT2D eigenvalue weighted by atomic mass is 10.1. The molecule has 1 aliphatic heterocycles. The quantitative estimate of drug-likeness (QED) is 0.340. The number of hydrogen-bond donors (Lipinski definition) is 2. The molecule has 0 bridgehead atoms. The lowest BCUT2D eigenvalue weighted by Crippen LogP contribution is -2.44. The van der Waals surface area contributed by atoms with Crippen molar-refractivity contribution >= 4 is 35.2 Å². The molecule has 2 fully saturated rings. The third-order valence-corrected chi connectivity index (χ3v) is 6.89. The number of aryl methyl sites for hydroxylation is 1. The molecule has 0 spiro atoms. The van der Waals surface area contributed by atoms with E-state index < -0.39 is 29.2 Å². The van der Waals surface area contributed by atoms with Gasteiger partial charge in [-0.25, -0.2) is 23.9 Å². The van der Waals surface area contributed by atoms with Gasteiger partial charge in [-0.2, -0.15) is 9.61 Å². The Morgan fingerprint density at radius 1 is 1.05 bits per heavy atom. The van der Waals surface area contributed by atoms with E-state index in [0.717, 1.165) is 31.2 Å². The first-order chi connectivity index (χ1) is 20.5. The predicted molar refractivity (Wildman–Crippen MR) is 167 cm³/mol. The van der Waals surface area contributed by atoms with E-state index in [0.29, 0.717) is 47.5 Å². The van der Waals surface area contributed by atoms with Crippen LogP contribution in [-0.2, 0) is 9.47 Å². The summed E-state index contributed by atoms with van der Waals surface area (Å²) >= 11 is 0. The van der Waals surface area contributed by atoms with Gasteiger partial charge in [0.05, 0.1) is 18.0 Å². The summed E-state index contributed by atoms with van der Waals surface area (Å²) in [5.74, 6) is 1.01. The van der Waals surface area contributed by atoms with Crippen LogP contribution in [-0.4, -0.2) is 74.2 Å². The molecule has 5 rings (SSSR count). The number of rotatable bonds is 4. The molecule has 2 aromatic heterocycles. The van der Waals surface area contributed by atoms with Gasteiger partial charge in [-0.05, 0) is 104 Å². The number of aliphatic hydroxyl groups excluding tert-OH is 1. The van der Waals surface area contributed by atoms with Crippen LogP contribution in [0.1, 0.15) is 84.3 Å². The number of carbonyl (C=O) groups is 2. The number of anilines is 3. The third kappa shape index (κ3) is 8.58. The Kier molecular flexibility index (Phi) is 9.72. The molecule has 1 aromatic carbocycles. The van der Waals surface area contributed by atoms with Crippen molar-refractivity contribution in [2.75, 3.05) is 30.4 Å². The van der Waals surface area contributed by atoms with E-state index in [1.54, 1.807) is 62.5 Å². The zero-order valence-corrected chi connectivity index (χ0v) is 27.0. The Labute approximate surface area is 258 Å². The van der Waals surface area contributed by atoms with E-state index in [2.05, 4.69) is 15.4 Å². The highest BCUT2D eigenvalue weighted by Gasteiger charge is 2.32. The van der Waals surface area contributed by atoms with Crippen LogP contribution in [0.15, 0.2) is 30.5 Å². The van der Waals surface area contributed by atoms with Crippen LogP contribution in [0.4, 0.5) is 31.3 Å². The van der Waals surface area contributed by atoms with Crippen LogP contribution >= 0.6 is 0 Å². The Hall–Kier alpha value is -3.93. The first-order valence-electron chi connectivity index (χ1n) is 15.1. The number of likely N-dealkylation sites (tertiary alicyclic amines) is 1. The molecule has 1 unspecified atom stereocenters.